The molecular formula is C19H18N6O2S. The molecule has 0 aliphatic rings. The van der Waals surface area contributed by atoms with E-state index in [1.165, 1.54) is 11.3 Å². The van der Waals surface area contributed by atoms with Gasteiger partial charge in [-0.25, -0.2) is 15.0 Å². The van der Waals surface area contributed by atoms with E-state index < -0.39 is 5.91 Å². The minimum absolute atomic E-state index is 0.0756. The van der Waals surface area contributed by atoms with Crippen LogP contribution in [-0.4, -0.2) is 37.2 Å². The van der Waals surface area contributed by atoms with E-state index in [-0.39, 0.29) is 12.5 Å². The van der Waals surface area contributed by atoms with Crippen molar-refractivity contribution in [3.05, 3.63) is 40.8 Å². The van der Waals surface area contributed by atoms with Crippen LogP contribution in [0.1, 0.15) is 18.9 Å². The standard InChI is InChI=1S/C19H18N6O2S/c1-10(2)27-11-3-4-13-12(7-11)18(25-24-13)19-21-6-5-14(23-19)15-9-28-17(22-15)8-16(20)26/h3-7,9-10H,8H2,1-2H3,(H2,20,26)(H,24,25). The van der Waals surface area contributed by atoms with Gasteiger partial charge in [-0.2, -0.15) is 5.10 Å². The molecule has 4 rings (SSSR count). The zero-order chi connectivity index (χ0) is 19.7. The Balaban J connectivity index is 1.71. The number of thiazole rings is 1. The summed E-state index contributed by atoms with van der Waals surface area (Å²) in [5.41, 5.74) is 8.08. The number of ether oxygens (including phenoxy) is 1. The highest BCUT2D eigenvalue weighted by atomic mass is 32.1. The number of H-pyrrole nitrogens is 1. The van der Waals surface area contributed by atoms with Gasteiger partial charge in [0.05, 0.1) is 29.4 Å². The van der Waals surface area contributed by atoms with Crippen molar-refractivity contribution < 1.29 is 9.53 Å². The first-order valence-electron chi connectivity index (χ1n) is 8.71. The largest absolute Gasteiger partial charge is 0.491 e. The van der Waals surface area contributed by atoms with E-state index in [4.69, 9.17) is 10.5 Å². The Kier molecular flexibility index (Phi) is 4.74. The number of hydrogen-bond donors (Lipinski definition) is 2. The van der Waals surface area contributed by atoms with E-state index in [0.717, 1.165) is 16.7 Å². The highest BCUT2D eigenvalue weighted by molar-refractivity contribution is 7.10. The second kappa shape index (κ2) is 7.35. The molecule has 3 aromatic heterocycles. The van der Waals surface area contributed by atoms with Crippen LogP contribution in [0.15, 0.2) is 35.8 Å². The van der Waals surface area contributed by atoms with Crippen LogP contribution in [0.3, 0.4) is 0 Å². The number of benzene rings is 1. The Hall–Kier alpha value is -3.33. The molecule has 8 nitrogen and oxygen atoms in total. The second-order valence-electron chi connectivity index (χ2n) is 6.48. The number of amides is 1. The topological polar surface area (TPSA) is 120 Å². The first kappa shape index (κ1) is 18.1. The summed E-state index contributed by atoms with van der Waals surface area (Å²) in [6.07, 6.45) is 1.86. The number of aromatic nitrogens is 5. The van der Waals surface area contributed by atoms with Crippen molar-refractivity contribution in [2.75, 3.05) is 0 Å². The molecule has 0 saturated carbocycles. The zero-order valence-corrected chi connectivity index (χ0v) is 16.2. The number of primary amides is 1. The Morgan fingerprint density at radius 1 is 1.25 bits per heavy atom. The molecule has 3 N–H and O–H groups in total. The molecule has 0 bridgehead atoms. The number of nitrogens with one attached hydrogen (secondary N) is 1. The summed E-state index contributed by atoms with van der Waals surface area (Å²) in [7, 11) is 0. The molecule has 0 aliphatic carbocycles. The highest BCUT2D eigenvalue weighted by Gasteiger charge is 2.15. The van der Waals surface area contributed by atoms with Gasteiger partial charge in [-0.15, -0.1) is 11.3 Å². The molecule has 0 atom stereocenters. The number of rotatable bonds is 6. The van der Waals surface area contributed by atoms with Crippen LogP contribution in [-0.2, 0) is 11.2 Å². The summed E-state index contributed by atoms with van der Waals surface area (Å²) in [5.74, 6) is 0.832. The zero-order valence-electron chi connectivity index (χ0n) is 15.3. The van der Waals surface area contributed by atoms with Gasteiger partial charge in [0.25, 0.3) is 0 Å². The van der Waals surface area contributed by atoms with Gasteiger partial charge in [-0.05, 0) is 38.1 Å². The minimum Gasteiger partial charge on any atom is -0.491 e. The lowest BCUT2D eigenvalue weighted by Gasteiger charge is -2.09. The fourth-order valence-electron chi connectivity index (χ4n) is 2.78. The van der Waals surface area contributed by atoms with E-state index in [1.54, 1.807) is 12.3 Å². The van der Waals surface area contributed by atoms with Crippen LogP contribution in [0.25, 0.3) is 33.8 Å². The summed E-state index contributed by atoms with van der Waals surface area (Å²) >= 11 is 1.38. The smallest absolute Gasteiger partial charge is 0.224 e. The van der Waals surface area contributed by atoms with Crippen molar-refractivity contribution in [1.82, 2.24) is 25.1 Å². The lowest BCUT2D eigenvalue weighted by molar-refractivity contribution is -0.117. The van der Waals surface area contributed by atoms with Crippen molar-refractivity contribution >= 4 is 28.1 Å². The third-order valence-electron chi connectivity index (χ3n) is 3.91. The Morgan fingerprint density at radius 3 is 2.89 bits per heavy atom. The molecule has 142 valence electrons. The molecule has 0 saturated heterocycles. The maximum absolute atomic E-state index is 11.1. The number of nitrogens with two attached hydrogens (primary N) is 1. The number of nitrogens with zero attached hydrogens (tertiary/aromatic N) is 4. The van der Waals surface area contributed by atoms with Crippen molar-refractivity contribution in [3.8, 4) is 28.7 Å². The summed E-state index contributed by atoms with van der Waals surface area (Å²) in [6.45, 7) is 3.96. The van der Waals surface area contributed by atoms with Gasteiger partial charge in [-0.3, -0.25) is 9.89 Å². The summed E-state index contributed by atoms with van der Waals surface area (Å²) in [6, 6.07) is 7.52. The monoisotopic (exact) mass is 394 g/mol. The number of carbonyl (C=O) groups excluding carboxylic acids is 1. The van der Waals surface area contributed by atoms with Crippen molar-refractivity contribution in [2.24, 2.45) is 5.73 Å². The van der Waals surface area contributed by atoms with E-state index in [9.17, 15) is 4.79 Å². The first-order valence-corrected chi connectivity index (χ1v) is 9.59. The van der Waals surface area contributed by atoms with Crippen LogP contribution in [0, 0.1) is 0 Å². The quantitative estimate of drug-likeness (QED) is 0.519. The minimum atomic E-state index is -0.410. The van der Waals surface area contributed by atoms with Gasteiger partial charge in [0.15, 0.2) is 5.82 Å². The van der Waals surface area contributed by atoms with Gasteiger partial charge >= 0.3 is 0 Å². The van der Waals surface area contributed by atoms with Gasteiger partial charge in [0.1, 0.15) is 16.5 Å². The second-order valence-corrected chi connectivity index (χ2v) is 7.42. The maximum Gasteiger partial charge on any atom is 0.224 e. The van der Waals surface area contributed by atoms with Crippen molar-refractivity contribution in [2.45, 2.75) is 26.4 Å². The molecule has 4 aromatic rings. The van der Waals surface area contributed by atoms with Gasteiger partial charge in [0.2, 0.25) is 5.91 Å². The number of hydrogen-bond acceptors (Lipinski definition) is 7. The molecular weight excluding hydrogens is 376 g/mol. The third-order valence-corrected chi connectivity index (χ3v) is 4.76. The first-order chi connectivity index (χ1) is 13.5. The number of carbonyl (C=O) groups is 1. The van der Waals surface area contributed by atoms with Crippen LogP contribution < -0.4 is 10.5 Å². The molecule has 0 aliphatic heterocycles. The van der Waals surface area contributed by atoms with Gasteiger partial charge < -0.3 is 10.5 Å². The maximum atomic E-state index is 11.1. The summed E-state index contributed by atoms with van der Waals surface area (Å²) < 4.78 is 5.78. The Bertz CT molecular complexity index is 1150. The molecule has 9 heteroatoms. The molecule has 0 fully saturated rings. The van der Waals surface area contributed by atoms with Crippen LogP contribution >= 0.6 is 11.3 Å². The lowest BCUT2D eigenvalue weighted by atomic mass is 10.2. The SMILES string of the molecule is CC(C)Oc1ccc2[nH]nc(-c3nccc(-c4csc(CC(N)=O)n4)n3)c2c1. The summed E-state index contributed by atoms with van der Waals surface area (Å²) in [4.78, 5) is 24.5. The average molecular weight is 394 g/mol. The normalized spacial score (nSPS) is 11.2. The van der Waals surface area contributed by atoms with Crippen molar-refractivity contribution in [3.63, 3.8) is 0 Å². The summed E-state index contributed by atoms with van der Waals surface area (Å²) in [5, 5.41) is 10.8. The number of fused-ring (bicyclic) bond motifs is 1. The molecule has 0 radical (unpaired) electrons. The van der Waals surface area contributed by atoms with E-state index in [1.807, 2.05) is 37.4 Å². The average Bonchev–Trinajstić information content (AvgIpc) is 3.27. The van der Waals surface area contributed by atoms with Gasteiger partial charge in [-0.1, -0.05) is 0 Å². The van der Waals surface area contributed by atoms with E-state index in [0.29, 0.717) is 27.9 Å². The fraction of sp³-hybridized carbons (Fsp3) is 0.211. The predicted molar refractivity (Wildman–Crippen MR) is 107 cm³/mol. The molecule has 3 heterocycles. The fourth-order valence-corrected chi connectivity index (χ4v) is 3.58. The molecule has 1 aromatic carbocycles. The number of aromatic amines is 1. The lowest BCUT2D eigenvalue weighted by Crippen LogP contribution is -2.13. The van der Waals surface area contributed by atoms with E-state index in [2.05, 4.69) is 25.1 Å². The van der Waals surface area contributed by atoms with Gasteiger partial charge in [0, 0.05) is 17.0 Å². The van der Waals surface area contributed by atoms with E-state index >= 15 is 0 Å². The van der Waals surface area contributed by atoms with Crippen LogP contribution in [0.4, 0.5) is 0 Å². The third kappa shape index (κ3) is 3.70. The highest BCUT2D eigenvalue weighted by Crippen LogP contribution is 2.29. The predicted octanol–water partition coefficient (Wildman–Crippen LogP) is 2.96. The van der Waals surface area contributed by atoms with Crippen LogP contribution in [0.5, 0.6) is 5.75 Å². The molecule has 1 amide bonds. The Morgan fingerprint density at radius 2 is 2.11 bits per heavy atom. The molecule has 28 heavy (non-hydrogen) atoms. The Labute approximate surface area is 164 Å². The van der Waals surface area contributed by atoms with Crippen molar-refractivity contribution in [1.29, 1.82) is 0 Å². The van der Waals surface area contributed by atoms with Crippen LogP contribution in [0.2, 0.25) is 0 Å². The molecule has 0 spiro atoms. The molecule has 0 unspecified atom stereocenters.